The highest BCUT2D eigenvalue weighted by atomic mass is 79.9. The van der Waals surface area contributed by atoms with Crippen molar-refractivity contribution in [1.29, 1.82) is 5.41 Å². The van der Waals surface area contributed by atoms with Gasteiger partial charge in [-0.1, -0.05) is 12.1 Å². The number of hydrogen-bond donors (Lipinski definition) is 2. The van der Waals surface area contributed by atoms with Crippen molar-refractivity contribution < 1.29 is 4.74 Å². The van der Waals surface area contributed by atoms with Gasteiger partial charge in [-0.25, -0.2) is 0 Å². The maximum absolute atomic E-state index is 7.56. The summed E-state index contributed by atoms with van der Waals surface area (Å²) in [4.78, 5) is 1.29. The summed E-state index contributed by atoms with van der Waals surface area (Å²) in [5, 5.41) is 9.61. The average Bonchev–Trinajstić information content (AvgIpc) is 2.81. The molecule has 2 aromatic rings. The molecule has 3 N–H and O–H groups in total. The van der Waals surface area contributed by atoms with Crippen molar-refractivity contribution in [3.05, 3.63) is 50.6 Å². The Morgan fingerprint density at radius 1 is 1.33 bits per heavy atom. The first kappa shape index (κ1) is 13.1. The van der Waals surface area contributed by atoms with E-state index in [1.54, 1.807) is 11.3 Å². The molecule has 2 rings (SSSR count). The highest BCUT2D eigenvalue weighted by Gasteiger charge is 2.10. The van der Waals surface area contributed by atoms with E-state index in [2.05, 4.69) is 27.4 Å². The molecule has 0 saturated carbocycles. The Bertz CT molecular complexity index is 540. The van der Waals surface area contributed by atoms with Crippen molar-refractivity contribution in [1.82, 2.24) is 0 Å². The van der Waals surface area contributed by atoms with Crippen LogP contribution in [0.3, 0.4) is 0 Å². The normalized spacial score (nSPS) is 10.3. The second-order valence-electron chi connectivity index (χ2n) is 3.70. The maximum atomic E-state index is 7.56. The molecule has 1 heterocycles. The second-order valence-corrected chi connectivity index (χ2v) is 5.59. The Labute approximate surface area is 118 Å². The van der Waals surface area contributed by atoms with Crippen LogP contribution in [-0.4, -0.2) is 12.4 Å². The zero-order valence-corrected chi connectivity index (χ0v) is 12.1. The van der Waals surface area contributed by atoms with E-state index >= 15 is 0 Å². The summed E-state index contributed by atoms with van der Waals surface area (Å²) >= 11 is 5.10. The van der Waals surface area contributed by atoms with Crippen molar-refractivity contribution in [2.24, 2.45) is 5.73 Å². The van der Waals surface area contributed by atoms with Gasteiger partial charge in [-0.2, -0.15) is 0 Å². The van der Waals surface area contributed by atoms with Gasteiger partial charge < -0.3 is 10.5 Å². The summed E-state index contributed by atoms with van der Waals surface area (Å²) < 4.78 is 6.49. The summed E-state index contributed by atoms with van der Waals surface area (Å²) in [7, 11) is 0. The van der Waals surface area contributed by atoms with Gasteiger partial charge in [-0.3, -0.25) is 5.41 Å². The van der Waals surface area contributed by atoms with E-state index in [1.165, 1.54) is 4.88 Å². The van der Waals surface area contributed by atoms with Crippen molar-refractivity contribution >= 4 is 33.1 Å². The first-order valence-corrected chi connectivity index (χ1v) is 7.14. The zero-order chi connectivity index (χ0) is 13.0. The molecule has 0 saturated heterocycles. The predicted molar refractivity (Wildman–Crippen MR) is 78.7 cm³/mol. The molecule has 0 unspecified atom stereocenters. The third-order valence-electron chi connectivity index (χ3n) is 2.43. The van der Waals surface area contributed by atoms with Gasteiger partial charge in [0.2, 0.25) is 0 Å². The lowest BCUT2D eigenvalue weighted by Gasteiger charge is -2.11. The standard InChI is InChI=1S/C13H13BrN2OS/c14-10-4-1-5-11(12(10)13(15)16)17-7-6-9-3-2-8-18-9/h1-5,8H,6-7H2,(H3,15,16). The van der Waals surface area contributed by atoms with Crippen molar-refractivity contribution in [3.63, 3.8) is 0 Å². The van der Waals surface area contributed by atoms with Crippen LogP contribution in [0.1, 0.15) is 10.4 Å². The molecule has 3 nitrogen and oxygen atoms in total. The number of rotatable bonds is 5. The smallest absolute Gasteiger partial charge is 0.131 e. The minimum atomic E-state index is 0.00796. The van der Waals surface area contributed by atoms with E-state index in [0.717, 1.165) is 10.9 Å². The number of benzene rings is 1. The van der Waals surface area contributed by atoms with Gasteiger partial charge in [0, 0.05) is 15.8 Å². The van der Waals surface area contributed by atoms with E-state index < -0.39 is 0 Å². The van der Waals surface area contributed by atoms with Gasteiger partial charge in [-0.05, 0) is 39.5 Å². The Kier molecular flexibility index (Phi) is 4.38. The van der Waals surface area contributed by atoms with E-state index in [-0.39, 0.29) is 5.84 Å². The number of ether oxygens (including phenoxy) is 1. The van der Waals surface area contributed by atoms with Crippen LogP contribution in [0.25, 0.3) is 0 Å². The van der Waals surface area contributed by atoms with Crippen LogP contribution in [0.2, 0.25) is 0 Å². The number of thiophene rings is 1. The summed E-state index contributed by atoms with van der Waals surface area (Å²) in [6.45, 7) is 0.581. The molecule has 0 atom stereocenters. The molecule has 18 heavy (non-hydrogen) atoms. The highest BCUT2D eigenvalue weighted by molar-refractivity contribution is 9.10. The summed E-state index contributed by atoms with van der Waals surface area (Å²) in [5.41, 5.74) is 6.17. The maximum Gasteiger partial charge on any atom is 0.131 e. The molecule has 5 heteroatoms. The molecular weight excluding hydrogens is 312 g/mol. The Morgan fingerprint density at radius 3 is 2.83 bits per heavy atom. The number of halogens is 1. The fourth-order valence-electron chi connectivity index (χ4n) is 1.60. The van der Waals surface area contributed by atoms with Crippen LogP contribution in [-0.2, 0) is 6.42 Å². The van der Waals surface area contributed by atoms with Crippen molar-refractivity contribution in [2.75, 3.05) is 6.61 Å². The Hall–Kier alpha value is -1.33. The lowest BCUT2D eigenvalue weighted by Crippen LogP contribution is -2.14. The molecule has 0 aliphatic rings. The van der Waals surface area contributed by atoms with Crippen LogP contribution >= 0.6 is 27.3 Å². The van der Waals surface area contributed by atoms with Crippen LogP contribution in [0, 0.1) is 5.41 Å². The SMILES string of the molecule is N=C(N)c1c(Br)cccc1OCCc1cccs1. The minimum absolute atomic E-state index is 0.00796. The molecular formula is C13H13BrN2OS. The number of nitrogens with two attached hydrogens (primary N) is 1. The van der Waals surface area contributed by atoms with Crippen LogP contribution in [0.15, 0.2) is 40.2 Å². The van der Waals surface area contributed by atoms with Gasteiger partial charge in [0.05, 0.1) is 12.2 Å². The van der Waals surface area contributed by atoms with Crippen molar-refractivity contribution in [2.45, 2.75) is 6.42 Å². The number of nitrogen functional groups attached to an aromatic ring is 1. The largest absolute Gasteiger partial charge is 0.492 e. The van der Waals surface area contributed by atoms with Crippen LogP contribution in [0.5, 0.6) is 5.75 Å². The van der Waals surface area contributed by atoms with E-state index in [1.807, 2.05) is 24.3 Å². The zero-order valence-electron chi connectivity index (χ0n) is 9.65. The lowest BCUT2D eigenvalue weighted by molar-refractivity contribution is 0.322. The third-order valence-corrected chi connectivity index (χ3v) is 4.03. The monoisotopic (exact) mass is 324 g/mol. The fraction of sp³-hybridized carbons (Fsp3) is 0.154. The highest BCUT2D eigenvalue weighted by Crippen LogP contribution is 2.26. The van der Waals surface area contributed by atoms with Gasteiger partial charge in [0.1, 0.15) is 11.6 Å². The summed E-state index contributed by atoms with van der Waals surface area (Å²) in [6.07, 6.45) is 0.863. The second kappa shape index (κ2) is 6.02. The lowest BCUT2D eigenvalue weighted by atomic mass is 10.2. The molecule has 0 bridgehead atoms. The van der Waals surface area contributed by atoms with Crippen LogP contribution < -0.4 is 10.5 Å². The van der Waals surface area contributed by atoms with E-state index in [0.29, 0.717) is 17.9 Å². The number of hydrogen-bond acceptors (Lipinski definition) is 3. The first-order valence-electron chi connectivity index (χ1n) is 5.46. The molecule has 1 aromatic heterocycles. The number of amidine groups is 1. The average molecular weight is 325 g/mol. The number of nitrogens with one attached hydrogen (secondary N) is 1. The first-order chi connectivity index (χ1) is 8.68. The molecule has 94 valence electrons. The van der Waals surface area contributed by atoms with Gasteiger partial charge >= 0.3 is 0 Å². The Balaban J connectivity index is 2.05. The van der Waals surface area contributed by atoms with Gasteiger partial charge in [0.25, 0.3) is 0 Å². The molecule has 0 aliphatic heterocycles. The van der Waals surface area contributed by atoms with Crippen molar-refractivity contribution in [3.8, 4) is 5.75 Å². The van der Waals surface area contributed by atoms with E-state index in [4.69, 9.17) is 15.9 Å². The molecule has 1 aromatic carbocycles. The molecule has 0 aliphatic carbocycles. The van der Waals surface area contributed by atoms with Crippen LogP contribution in [0.4, 0.5) is 0 Å². The quantitative estimate of drug-likeness (QED) is 0.654. The van der Waals surface area contributed by atoms with Gasteiger partial charge in [0.15, 0.2) is 0 Å². The minimum Gasteiger partial charge on any atom is -0.492 e. The molecule has 0 fully saturated rings. The van der Waals surface area contributed by atoms with E-state index in [9.17, 15) is 0 Å². The fourth-order valence-corrected chi connectivity index (χ4v) is 2.85. The third kappa shape index (κ3) is 3.11. The summed E-state index contributed by atoms with van der Waals surface area (Å²) in [5.74, 6) is 0.655. The predicted octanol–water partition coefficient (Wildman–Crippen LogP) is 3.42. The Morgan fingerprint density at radius 2 is 2.17 bits per heavy atom. The molecule has 0 radical (unpaired) electrons. The molecule has 0 amide bonds. The molecule has 0 spiro atoms. The van der Waals surface area contributed by atoms with Gasteiger partial charge in [-0.15, -0.1) is 11.3 Å². The summed E-state index contributed by atoms with van der Waals surface area (Å²) in [6, 6.07) is 9.66. The topological polar surface area (TPSA) is 59.1 Å².